The molecule has 1 fully saturated rings. The molecular formula is C13H24N4O. The van der Waals surface area contributed by atoms with Crippen LogP contribution in [0, 0.1) is 5.41 Å². The highest BCUT2D eigenvalue weighted by Gasteiger charge is 2.32. The molecule has 1 aliphatic heterocycles. The van der Waals surface area contributed by atoms with Gasteiger partial charge in [-0.1, -0.05) is 0 Å². The van der Waals surface area contributed by atoms with E-state index in [0.717, 1.165) is 32.7 Å². The molecule has 1 unspecified atom stereocenters. The van der Waals surface area contributed by atoms with E-state index in [9.17, 15) is 0 Å². The summed E-state index contributed by atoms with van der Waals surface area (Å²) in [5, 5.41) is 4.19. The maximum Gasteiger partial charge on any atom is 0.0546 e. The highest BCUT2D eigenvalue weighted by molar-refractivity contribution is 5.03. The Morgan fingerprint density at radius 1 is 1.61 bits per heavy atom. The van der Waals surface area contributed by atoms with Gasteiger partial charge in [0.1, 0.15) is 0 Å². The van der Waals surface area contributed by atoms with E-state index >= 15 is 0 Å². The van der Waals surface area contributed by atoms with Crippen LogP contribution in [-0.4, -0.2) is 48.0 Å². The summed E-state index contributed by atoms with van der Waals surface area (Å²) in [5.74, 6) is 0. The molecule has 1 saturated heterocycles. The Bertz CT molecular complexity index is 371. The average Bonchev–Trinajstić information content (AvgIpc) is 2.75. The lowest BCUT2D eigenvalue weighted by Gasteiger charge is -2.38. The zero-order chi connectivity index (χ0) is 13.0. The van der Waals surface area contributed by atoms with Crippen LogP contribution in [0.5, 0.6) is 0 Å². The van der Waals surface area contributed by atoms with E-state index in [1.165, 1.54) is 12.0 Å². The van der Waals surface area contributed by atoms with Crippen molar-refractivity contribution in [1.29, 1.82) is 0 Å². The van der Waals surface area contributed by atoms with E-state index in [2.05, 4.69) is 23.2 Å². The molecule has 5 nitrogen and oxygen atoms in total. The van der Waals surface area contributed by atoms with Crippen molar-refractivity contribution in [1.82, 2.24) is 14.7 Å². The van der Waals surface area contributed by atoms with Gasteiger partial charge in [0.25, 0.3) is 0 Å². The summed E-state index contributed by atoms with van der Waals surface area (Å²) in [5.41, 5.74) is 7.33. The molecule has 1 aliphatic rings. The Morgan fingerprint density at radius 2 is 2.44 bits per heavy atom. The van der Waals surface area contributed by atoms with Gasteiger partial charge in [-0.15, -0.1) is 0 Å². The van der Waals surface area contributed by atoms with E-state index in [-0.39, 0.29) is 5.41 Å². The number of nitrogens with zero attached hydrogens (tertiary/aromatic N) is 3. The maximum absolute atomic E-state index is 5.96. The van der Waals surface area contributed by atoms with Crippen molar-refractivity contribution in [2.45, 2.75) is 19.4 Å². The van der Waals surface area contributed by atoms with Crippen molar-refractivity contribution in [3.05, 3.63) is 18.0 Å². The van der Waals surface area contributed by atoms with Gasteiger partial charge in [0, 0.05) is 50.5 Å². The molecule has 2 N–H and O–H groups in total. The van der Waals surface area contributed by atoms with Gasteiger partial charge in [0.05, 0.1) is 12.8 Å². The lowest BCUT2D eigenvalue weighted by molar-refractivity contribution is -0.0192. The molecule has 1 atom stereocenters. The largest absolute Gasteiger partial charge is 0.381 e. The first-order valence-corrected chi connectivity index (χ1v) is 6.57. The number of aryl methyl sites for hydroxylation is 1. The fourth-order valence-electron chi connectivity index (χ4n) is 2.75. The third kappa shape index (κ3) is 3.31. The lowest BCUT2D eigenvalue weighted by atomic mass is 9.82. The predicted molar refractivity (Wildman–Crippen MR) is 71.1 cm³/mol. The van der Waals surface area contributed by atoms with Gasteiger partial charge in [0.2, 0.25) is 0 Å². The molecule has 102 valence electrons. The monoisotopic (exact) mass is 252 g/mol. The first-order valence-electron chi connectivity index (χ1n) is 6.57. The van der Waals surface area contributed by atoms with Crippen molar-refractivity contribution < 1.29 is 4.74 Å². The van der Waals surface area contributed by atoms with Crippen LogP contribution in [0.1, 0.15) is 18.4 Å². The highest BCUT2D eigenvalue weighted by Crippen LogP contribution is 2.28. The number of aromatic nitrogens is 2. The van der Waals surface area contributed by atoms with Crippen molar-refractivity contribution in [2.75, 3.05) is 33.4 Å². The van der Waals surface area contributed by atoms with Crippen LogP contribution in [0.3, 0.4) is 0 Å². The summed E-state index contributed by atoms with van der Waals surface area (Å²) in [4.78, 5) is 2.32. The van der Waals surface area contributed by atoms with Crippen molar-refractivity contribution in [2.24, 2.45) is 18.2 Å². The third-order valence-electron chi connectivity index (χ3n) is 3.65. The van der Waals surface area contributed by atoms with E-state index in [4.69, 9.17) is 10.5 Å². The Morgan fingerprint density at radius 3 is 3.00 bits per heavy atom. The van der Waals surface area contributed by atoms with E-state index in [1.54, 1.807) is 0 Å². The summed E-state index contributed by atoms with van der Waals surface area (Å²) in [6, 6.07) is 0. The van der Waals surface area contributed by atoms with Gasteiger partial charge >= 0.3 is 0 Å². The fourth-order valence-corrected chi connectivity index (χ4v) is 2.75. The van der Waals surface area contributed by atoms with Crippen LogP contribution in [-0.2, 0) is 18.3 Å². The average molecular weight is 252 g/mol. The first-order chi connectivity index (χ1) is 8.63. The third-order valence-corrected chi connectivity index (χ3v) is 3.65. The van der Waals surface area contributed by atoms with Gasteiger partial charge in [-0.2, -0.15) is 5.10 Å². The topological polar surface area (TPSA) is 56.3 Å². The number of nitrogens with two attached hydrogens (primary N) is 1. The van der Waals surface area contributed by atoms with E-state index in [1.807, 2.05) is 17.9 Å². The summed E-state index contributed by atoms with van der Waals surface area (Å²) in [6.45, 7) is 4.27. The second kappa shape index (κ2) is 5.82. The smallest absolute Gasteiger partial charge is 0.0546 e. The molecule has 0 saturated carbocycles. The number of hydrogen-bond donors (Lipinski definition) is 1. The molecule has 0 radical (unpaired) electrons. The minimum Gasteiger partial charge on any atom is -0.381 e. The van der Waals surface area contributed by atoms with Crippen molar-refractivity contribution in [3.8, 4) is 0 Å². The van der Waals surface area contributed by atoms with Crippen LogP contribution >= 0.6 is 0 Å². The predicted octanol–water partition coefficient (Wildman–Crippen LogP) is 0.607. The van der Waals surface area contributed by atoms with Crippen LogP contribution in [0.4, 0.5) is 0 Å². The van der Waals surface area contributed by atoms with Gasteiger partial charge in [-0.3, -0.25) is 4.68 Å². The van der Waals surface area contributed by atoms with E-state index < -0.39 is 0 Å². The van der Waals surface area contributed by atoms with Crippen LogP contribution < -0.4 is 5.73 Å². The van der Waals surface area contributed by atoms with Gasteiger partial charge in [0.15, 0.2) is 0 Å². The Hall–Kier alpha value is -0.910. The second-order valence-corrected chi connectivity index (χ2v) is 5.55. The van der Waals surface area contributed by atoms with Gasteiger partial charge in [-0.25, -0.2) is 0 Å². The number of rotatable bonds is 5. The zero-order valence-electron chi connectivity index (χ0n) is 11.4. The summed E-state index contributed by atoms with van der Waals surface area (Å²) in [6.07, 6.45) is 6.27. The minimum absolute atomic E-state index is 0.134. The zero-order valence-corrected chi connectivity index (χ0v) is 11.4. The SMILES string of the molecule is CN(Cc1cnn(C)c1)CC1(CN)CCCOC1. The van der Waals surface area contributed by atoms with Crippen LogP contribution in [0.15, 0.2) is 12.4 Å². The molecule has 0 aliphatic carbocycles. The van der Waals surface area contributed by atoms with Gasteiger partial charge < -0.3 is 15.4 Å². The lowest BCUT2D eigenvalue weighted by Crippen LogP contribution is -2.46. The normalized spacial score (nSPS) is 24.7. The Kier molecular flexibility index (Phi) is 4.37. The van der Waals surface area contributed by atoms with Gasteiger partial charge in [-0.05, 0) is 19.9 Å². The molecule has 2 rings (SSSR count). The molecule has 1 aromatic rings. The minimum atomic E-state index is 0.134. The quantitative estimate of drug-likeness (QED) is 0.834. The molecule has 0 aromatic carbocycles. The fraction of sp³-hybridized carbons (Fsp3) is 0.769. The molecular weight excluding hydrogens is 228 g/mol. The molecule has 0 bridgehead atoms. The van der Waals surface area contributed by atoms with Crippen molar-refractivity contribution in [3.63, 3.8) is 0 Å². The molecule has 1 aromatic heterocycles. The molecule has 0 spiro atoms. The maximum atomic E-state index is 5.96. The molecule has 0 amide bonds. The number of hydrogen-bond acceptors (Lipinski definition) is 4. The summed E-state index contributed by atoms with van der Waals surface area (Å²) < 4.78 is 7.45. The second-order valence-electron chi connectivity index (χ2n) is 5.55. The molecule has 18 heavy (non-hydrogen) atoms. The van der Waals surface area contributed by atoms with E-state index in [0.29, 0.717) is 6.54 Å². The Labute approximate surface area is 109 Å². The Balaban J connectivity index is 1.90. The standard InChI is InChI=1S/C13H24N4O/c1-16(7-12-6-15-17(2)8-12)10-13(9-14)4-3-5-18-11-13/h6,8H,3-5,7,9-11,14H2,1-2H3. The summed E-state index contributed by atoms with van der Waals surface area (Å²) in [7, 11) is 4.08. The summed E-state index contributed by atoms with van der Waals surface area (Å²) >= 11 is 0. The molecule has 5 heteroatoms. The highest BCUT2D eigenvalue weighted by atomic mass is 16.5. The first kappa shape index (κ1) is 13.5. The van der Waals surface area contributed by atoms with Crippen LogP contribution in [0.25, 0.3) is 0 Å². The number of ether oxygens (including phenoxy) is 1. The molecule has 2 heterocycles. The van der Waals surface area contributed by atoms with Crippen molar-refractivity contribution >= 4 is 0 Å². The van der Waals surface area contributed by atoms with Crippen LogP contribution in [0.2, 0.25) is 0 Å².